The van der Waals surface area contributed by atoms with Crippen LogP contribution in [0, 0.1) is 0 Å². The number of amides is 1. The predicted molar refractivity (Wildman–Crippen MR) is 40.0 cm³/mol. The Hall–Kier alpha value is -0.640. The van der Waals surface area contributed by atoms with E-state index in [-0.39, 0.29) is 12.6 Å². The van der Waals surface area contributed by atoms with Crippen LogP contribution in [0.15, 0.2) is 0 Å². The van der Waals surface area contributed by atoms with Gasteiger partial charge >= 0.3 is 0 Å². The molecule has 1 heterocycles. The van der Waals surface area contributed by atoms with Crippen LogP contribution in [-0.2, 0) is 4.79 Å². The Balaban J connectivity index is 2.51. The summed E-state index contributed by atoms with van der Waals surface area (Å²) in [5.74, 6) is 0. The number of rotatable bonds is 2. The molecule has 0 unspecified atom stereocenters. The van der Waals surface area contributed by atoms with E-state index in [1.807, 2.05) is 19.0 Å². The Morgan fingerprint density at radius 3 is 2.45 bits per heavy atom. The molecule has 11 heavy (non-hydrogen) atoms. The Labute approximate surface area is 65.8 Å². The van der Waals surface area contributed by atoms with Crippen LogP contribution in [0.2, 0.25) is 0 Å². The van der Waals surface area contributed by atoms with Gasteiger partial charge in [0.2, 0.25) is 6.41 Å². The van der Waals surface area contributed by atoms with Gasteiger partial charge < -0.3 is 9.80 Å². The van der Waals surface area contributed by atoms with Crippen molar-refractivity contribution in [3.05, 3.63) is 0 Å². The summed E-state index contributed by atoms with van der Waals surface area (Å²) in [6.45, 7) is 0.754. The summed E-state index contributed by atoms with van der Waals surface area (Å²) in [6, 6.07) is -0.125. The largest absolute Gasteiger partial charge is 0.341 e. The van der Waals surface area contributed by atoms with Crippen molar-refractivity contribution in [3.8, 4) is 0 Å². The molecular formula is C7H13FN2O. The van der Waals surface area contributed by atoms with E-state index in [0.717, 1.165) is 0 Å². The molecule has 1 aliphatic heterocycles. The minimum Gasteiger partial charge on any atom is -0.341 e. The van der Waals surface area contributed by atoms with E-state index in [9.17, 15) is 9.18 Å². The molecule has 1 fully saturated rings. The molecule has 0 bridgehead atoms. The second-order valence-electron chi connectivity index (χ2n) is 3.11. The number of halogens is 1. The van der Waals surface area contributed by atoms with Gasteiger partial charge in [-0.1, -0.05) is 0 Å². The Morgan fingerprint density at radius 1 is 1.55 bits per heavy atom. The lowest BCUT2D eigenvalue weighted by atomic mass is 10.2. The number of likely N-dealkylation sites (N-methyl/N-ethyl adjacent to an activating group) is 1. The van der Waals surface area contributed by atoms with Gasteiger partial charge in [-0.25, -0.2) is 4.39 Å². The first kappa shape index (κ1) is 8.46. The number of hydrogen-bond acceptors (Lipinski definition) is 2. The molecule has 1 aliphatic rings. The van der Waals surface area contributed by atoms with E-state index in [4.69, 9.17) is 0 Å². The zero-order valence-corrected chi connectivity index (χ0v) is 6.83. The summed E-state index contributed by atoms with van der Waals surface area (Å²) < 4.78 is 13.0. The molecule has 4 heteroatoms. The third-order valence-corrected chi connectivity index (χ3v) is 2.06. The minimum atomic E-state index is -0.893. The molecule has 2 atom stereocenters. The predicted octanol–water partition coefficient (Wildman–Crippen LogP) is -0.273. The van der Waals surface area contributed by atoms with E-state index in [1.54, 1.807) is 0 Å². The van der Waals surface area contributed by atoms with Gasteiger partial charge in [0.1, 0.15) is 6.17 Å². The molecule has 1 amide bonds. The fourth-order valence-electron chi connectivity index (χ4n) is 1.35. The van der Waals surface area contributed by atoms with Crippen molar-refractivity contribution in [1.82, 2.24) is 9.80 Å². The number of alkyl halides is 1. The monoisotopic (exact) mass is 160 g/mol. The summed E-state index contributed by atoms with van der Waals surface area (Å²) in [4.78, 5) is 13.5. The van der Waals surface area contributed by atoms with Crippen molar-refractivity contribution in [1.29, 1.82) is 0 Å². The van der Waals surface area contributed by atoms with Gasteiger partial charge in [-0.2, -0.15) is 0 Å². The molecule has 3 nitrogen and oxygen atoms in total. The highest BCUT2D eigenvalue weighted by molar-refractivity contribution is 5.48. The van der Waals surface area contributed by atoms with Crippen LogP contribution in [0.4, 0.5) is 4.39 Å². The molecule has 0 saturated carbocycles. The minimum absolute atomic E-state index is 0.125. The van der Waals surface area contributed by atoms with E-state index in [2.05, 4.69) is 0 Å². The second-order valence-corrected chi connectivity index (χ2v) is 3.11. The van der Waals surface area contributed by atoms with E-state index in [0.29, 0.717) is 13.0 Å². The Kier molecular flexibility index (Phi) is 2.44. The number of carbonyl (C=O) groups is 1. The molecule has 0 radical (unpaired) electrons. The van der Waals surface area contributed by atoms with E-state index >= 15 is 0 Å². The van der Waals surface area contributed by atoms with Crippen molar-refractivity contribution in [2.24, 2.45) is 0 Å². The van der Waals surface area contributed by atoms with Crippen LogP contribution in [-0.4, -0.2) is 55.6 Å². The first-order chi connectivity index (χ1) is 5.15. The fraction of sp³-hybridized carbons (Fsp3) is 0.857. The number of carbonyl (C=O) groups excluding carboxylic acids is 1. The molecule has 0 spiro atoms. The van der Waals surface area contributed by atoms with Crippen LogP contribution in [0.25, 0.3) is 0 Å². The highest BCUT2D eigenvalue weighted by atomic mass is 19.1. The Bertz CT molecular complexity index is 151. The van der Waals surface area contributed by atoms with Gasteiger partial charge in [0.05, 0.1) is 12.6 Å². The molecule has 64 valence electrons. The SMILES string of the molecule is CN(C)[C@H]1CN(C=O)C[C@H]1F. The molecule has 0 N–H and O–H groups in total. The van der Waals surface area contributed by atoms with Gasteiger partial charge in [0.15, 0.2) is 0 Å². The van der Waals surface area contributed by atoms with Crippen molar-refractivity contribution in [2.45, 2.75) is 12.2 Å². The van der Waals surface area contributed by atoms with Gasteiger partial charge in [0, 0.05) is 6.54 Å². The average Bonchev–Trinajstić information content (AvgIpc) is 2.30. The lowest BCUT2D eigenvalue weighted by Gasteiger charge is -2.19. The quantitative estimate of drug-likeness (QED) is 0.519. The van der Waals surface area contributed by atoms with Crippen molar-refractivity contribution in [2.75, 3.05) is 27.2 Å². The molecule has 0 aromatic rings. The molecule has 1 rings (SSSR count). The van der Waals surface area contributed by atoms with Crippen LogP contribution < -0.4 is 0 Å². The van der Waals surface area contributed by atoms with Crippen LogP contribution >= 0.6 is 0 Å². The van der Waals surface area contributed by atoms with Crippen molar-refractivity contribution >= 4 is 6.41 Å². The summed E-state index contributed by atoms with van der Waals surface area (Å²) in [5.41, 5.74) is 0. The van der Waals surface area contributed by atoms with Crippen molar-refractivity contribution < 1.29 is 9.18 Å². The lowest BCUT2D eigenvalue weighted by molar-refractivity contribution is -0.117. The zero-order valence-electron chi connectivity index (χ0n) is 6.83. The molecule has 0 aromatic carbocycles. The first-order valence-electron chi connectivity index (χ1n) is 3.65. The smallest absolute Gasteiger partial charge is 0.209 e. The number of likely N-dealkylation sites (tertiary alicyclic amines) is 1. The van der Waals surface area contributed by atoms with Gasteiger partial charge in [0.25, 0.3) is 0 Å². The van der Waals surface area contributed by atoms with Gasteiger partial charge in [-0.15, -0.1) is 0 Å². The molecule has 0 aromatic heterocycles. The summed E-state index contributed by atoms with van der Waals surface area (Å²) in [5, 5.41) is 0. The van der Waals surface area contributed by atoms with Gasteiger partial charge in [-0.3, -0.25) is 4.79 Å². The highest BCUT2D eigenvalue weighted by Crippen LogP contribution is 2.15. The maximum Gasteiger partial charge on any atom is 0.209 e. The maximum atomic E-state index is 13.0. The molecular weight excluding hydrogens is 147 g/mol. The third kappa shape index (κ3) is 1.68. The van der Waals surface area contributed by atoms with Gasteiger partial charge in [-0.05, 0) is 14.1 Å². The summed E-state index contributed by atoms with van der Waals surface area (Å²) in [6.07, 6.45) is -0.189. The van der Waals surface area contributed by atoms with Crippen LogP contribution in [0.3, 0.4) is 0 Å². The zero-order chi connectivity index (χ0) is 8.43. The first-order valence-corrected chi connectivity index (χ1v) is 3.65. The van der Waals surface area contributed by atoms with E-state index < -0.39 is 6.17 Å². The third-order valence-electron chi connectivity index (χ3n) is 2.06. The highest BCUT2D eigenvalue weighted by Gasteiger charge is 2.33. The van der Waals surface area contributed by atoms with Crippen molar-refractivity contribution in [3.63, 3.8) is 0 Å². The average molecular weight is 160 g/mol. The summed E-state index contributed by atoms with van der Waals surface area (Å²) in [7, 11) is 3.65. The summed E-state index contributed by atoms with van der Waals surface area (Å²) >= 11 is 0. The lowest BCUT2D eigenvalue weighted by Crippen LogP contribution is -2.36. The fourth-order valence-corrected chi connectivity index (χ4v) is 1.35. The van der Waals surface area contributed by atoms with Crippen LogP contribution in [0.5, 0.6) is 0 Å². The molecule has 1 saturated heterocycles. The molecule has 0 aliphatic carbocycles. The topological polar surface area (TPSA) is 23.6 Å². The van der Waals surface area contributed by atoms with Crippen LogP contribution in [0.1, 0.15) is 0 Å². The second kappa shape index (κ2) is 3.17. The normalized spacial score (nSPS) is 31.5. The standard InChI is InChI=1S/C7H13FN2O/c1-9(2)7-4-10(5-11)3-6(7)8/h5-7H,3-4H2,1-2H3/t6-,7+/m1/s1. The van der Waals surface area contributed by atoms with E-state index in [1.165, 1.54) is 4.90 Å². The number of hydrogen-bond donors (Lipinski definition) is 0. The maximum absolute atomic E-state index is 13.0. The number of nitrogens with zero attached hydrogens (tertiary/aromatic N) is 2. The Morgan fingerprint density at radius 2 is 2.18 bits per heavy atom.